The lowest BCUT2D eigenvalue weighted by molar-refractivity contribution is -0.136. The van der Waals surface area contributed by atoms with Crippen LogP contribution < -0.4 is 11.1 Å². The van der Waals surface area contributed by atoms with Crippen LogP contribution in [0.2, 0.25) is 0 Å². The number of nitrogens with two attached hydrogens (primary N) is 1. The number of hydrogen-bond donors (Lipinski definition) is 2. The van der Waals surface area contributed by atoms with Crippen molar-refractivity contribution < 1.29 is 9.59 Å². The third-order valence-electron chi connectivity index (χ3n) is 2.99. The number of aryl methyl sites for hydroxylation is 1. The van der Waals surface area contributed by atoms with Gasteiger partial charge in [0.1, 0.15) is 23.5 Å². The van der Waals surface area contributed by atoms with Gasteiger partial charge < -0.3 is 11.1 Å². The van der Waals surface area contributed by atoms with Gasteiger partial charge in [-0.2, -0.15) is 0 Å². The summed E-state index contributed by atoms with van der Waals surface area (Å²) in [7, 11) is 1.47. The Morgan fingerprint density at radius 3 is 2.56 bits per heavy atom. The van der Waals surface area contributed by atoms with Gasteiger partial charge in [0.05, 0.1) is 6.42 Å². The monoisotopic (exact) mass is 249 g/mol. The Hall–Kier alpha value is -2.18. The molecule has 18 heavy (non-hydrogen) atoms. The van der Waals surface area contributed by atoms with Gasteiger partial charge in [-0.25, -0.2) is 9.97 Å². The fraction of sp³-hybridized carbons (Fsp3) is 0.455. The standard InChI is InChI=1S/C11H15N5O2/c1-5-9(12)13-6(2)14-10(5)15-7-4-8(17)16(3)11(7)18/h7H,4H2,1-3H3,(H3,12,13,14,15). The zero-order valence-electron chi connectivity index (χ0n) is 10.5. The molecule has 1 unspecified atom stereocenters. The van der Waals surface area contributed by atoms with E-state index in [0.717, 1.165) is 4.90 Å². The second-order valence-electron chi connectivity index (χ2n) is 4.32. The Morgan fingerprint density at radius 1 is 1.33 bits per heavy atom. The van der Waals surface area contributed by atoms with Gasteiger partial charge in [0.15, 0.2) is 0 Å². The van der Waals surface area contributed by atoms with E-state index in [-0.39, 0.29) is 18.2 Å². The van der Waals surface area contributed by atoms with Crippen LogP contribution in [-0.4, -0.2) is 39.8 Å². The highest BCUT2D eigenvalue weighted by atomic mass is 16.2. The minimum absolute atomic E-state index is 0.137. The van der Waals surface area contributed by atoms with Crippen molar-refractivity contribution in [2.24, 2.45) is 0 Å². The number of nitrogens with one attached hydrogen (secondary N) is 1. The van der Waals surface area contributed by atoms with Crippen LogP contribution in [-0.2, 0) is 9.59 Å². The zero-order chi connectivity index (χ0) is 13.4. The topological polar surface area (TPSA) is 101 Å². The molecule has 7 heteroatoms. The van der Waals surface area contributed by atoms with E-state index in [0.29, 0.717) is 23.0 Å². The van der Waals surface area contributed by atoms with Crippen LogP contribution in [0.5, 0.6) is 0 Å². The number of amides is 2. The van der Waals surface area contributed by atoms with Gasteiger partial charge in [0.2, 0.25) is 5.91 Å². The molecule has 1 aliphatic heterocycles. The lowest BCUT2D eigenvalue weighted by Crippen LogP contribution is -2.32. The van der Waals surface area contributed by atoms with E-state index in [2.05, 4.69) is 15.3 Å². The van der Waals surface area contributed by atoms with E-state index < -0.39 is 6.04 Å². The van der Waals surface area contributed by atoms with Gasteiger partial charge >= 0.3 is 0 Å². The highest BCUT2D eigenvalue weighted by Gasteiger charge is 2.36. The van der Waals surface area contributed by atoms with Crippen molar-refractivity contribution in [3.63, 3.8) is 0 Å². The number of hydrogen-bond acceptors (Lipinski definition) is 6. The molecule has 7 nitrogen and oxygen atoms in total. The number of nitrogens with zero attached hydrogens (tertiary/aromatic N) is 3. The molecule has 1 fully saturated rings. The molecule has 2 amide bonds. The molecule has 0 aromatic carbocycles. The number of carbonyl (C=O) groups excluding carboxylic acids is 2. The van der Waals surface area contributed by atoms with Crippen molar-refractivity contribution >= 4 is 23.5 Å². The summed E-state index contributed by atoms with van der Waals surface area (Å²) >= 11 is 0. The smallest absolute Gasteiger partial charge is 0.251 e. The van der Waals surface area contributed by atoms with Crippen LogP contribution in [0.3, 0.4) is 0 Å². The fourth-order valence-corrected chi connectivity index (χ4v) is 1.82. The Labute approximate surface area is 104 Å². The van der Waals surface area contributed by atoms with Crippen molar-refractivity contribution in [3.05, 3.63) is 11.4 Å². The van der Waals surface area contributed by atoms with E-state index in [4.69, 9.17) is 5.73 Å². The molecule has 1 aromatic heterocycles. The average molecular weight is 249 g/mol. The second-order valence-corrected chi connectivity index (χ2v) is 4.32. The van der Waals surface area contributed by atoms with Gasteiger partial charge in [-0.1, -0.05) is 0 Å². The van der Waals surface area contributed by atoms with E-state index in [9.17, 15) is 9.59 Å². The Kier molecular flexibility index (Phi) is 2.90. The molecular formula is C11H15N5O2. The Morgan fingerprint density at radius 2 is 2.00 bits per heavy atom. The molecule has 96 valence electrons. The van der Waals surface area contributed by atoms with Crippen molar-refractivity contribution in [1.29, 1.82) is 0 Å². The van der Waals surface area contributed by atoms with Crippen LogP contribution in [0.4, 0.5) is 11.6 Å². The summed E-state index contributed by atoms with van der Waals surface area (Å²) in [4.78, 5) is 32.5. The minimum atomic E-state index is -0.574. The number of imide groups is 1. The maximum Gasteiger partial charge on any atom is 0.251 e. The van der Waals surface area contributed by atoms with Gasteiger partial charge in [0, 0.05) is 12.6 Å². The first kappa shape index (κ1) is 12.3. The minimum Gasteiger partial charge on any atom is -0.383 e. The average Bonchev–Trinajstić information content (AvgIpc) is 2.53. The molecule has 0 aliphatic carbocycles. The first-order valence-corrected chi connectivity index (χ1v) is 5.57. The largest absolute Gasteiger partial charge is 0.383 e. The SMILES string of the molecule is Cc1nc(N)c(C)c(NC2CC(=O)N(C)C2=O)n1. The summed E-state index contributed by atoms with van der Waals surface area (Å²) in [5.41, 5.74) is 6.41. The predicted molar refractivity (Wildman–Crippen MR) is 65.7 cm³/mol. The van der Waals surface area contributed by atoms with Crippen molar-refractivity contribution in [2.75, 3.05) is 18.1 Å². The second kappa shape index (κ2) is 4.25. The number of carbonyl (C=O) groups is 2. The molecule has 3 N–H and O–H groups in total. The van der Waals surface area contributed by atoms with Gasteiger partial charge in [-0.3, -0.25) is 14.5 Å². The summed E-state index contributed by atoms with van der Waals surface area (Å²) in [6, 6.07) is -0.574. The molecule has 1 atom stereocenters. The van der Waals surface area contributed by atoms with Crippen LogP contribution in [0.1, 0.15) is 17.8 Å². The highest BCUT2D eigenvalue weighted by Crippen LogP contribution is 2.21. The Bertz CT molecular complexity index is 528. The third kappa shape index (κ3) is 1.99. The molecule has 1 saturated heterocycles. The molecule has 1 aromatic rings. The van der Waals surface area contributed by atoms with Crippen molar-refractivity contribution in [1.82, 2.24) is 14.9 Å². The molecule has 0 bridgehead atoms. The predicted octanol–water partition coefficient (Wildman–Crippen LogP) is -0.155. The number of anilines is 2. The number of nitrogen functional groups attached to an aromatic ring is 1. The summed E-state index contributed by atoms with van der Waals surface area (Å²) in [6.07, 6.45) is 0.137. The lowest BCUT2D eigenvalue weighted by atomic mass is 10.2. The summed E-state index contributed by atoms with van der Waals surface area (Å²) < 4.78 is 0. The van der Waals surface area contributed by atoms with Gasteiger partial charge in [0.25, 0.3) is 5.91 Å². The molecule has 0 radical (unpaired) electrons. The van der Waals surface area contributed by atoms with Gasteiger partial charge in [-0.15, -0.1) is 0 Å². The lowest BCUT2D eigenvalue weighted by Gasteiger charge is -2.14. The third-order valence-corrected chi connectivity index (χ3v) is 2.99. The maximum absolute atomic E-state index is 11.8. The molecule has 2 rings (SSSR count). The summed E-state index contributed by atoms with van der Waals surface area (Å²) in [5.74, 6) is 0.936. The van der Waals surface area contributed by atoms with E-state index in [1.807, 2.05) is 0 Å². The molecular weight excluding hydrogens is 234 g/mol. The first-order chi connectivity index (χ1) is 8.40. The molecule has 2 heterocycles. The van der Waals surface area contributed by atoms with E-state index in [1.54, 1.807) is 13.8 Å². The van der Waals surface area contributed by atoms with E-state index in [1.165, 1.54) is 7.05 Å². The van der Waals surface area contributed by atoms with Crippen LogP contribution in [0.25, 0.3) is 0 Å². The Balaban J connectivity index is 2.25. The van der Waals surface area contributed by atoms with Crippen molar-refractivity contribution in [3.8, 4) is 0 Å². The molecule has 1 aliphatic rings. The molecule has 0 spiro atoms. The number of likely N-dealkylation sites (tertiary alicyclic amines) is 1. The van der Waals surface area contributed by atoms with Crippen LogP contribution >= 0.6 is 0 Å². The number of rotatable bonds is 2. The quantitative estimate of drug-likeness (QED) is 0.706. The molecule has 0 saturated carbocycles. The van der Waals surface area contributed by atoms with E-state index >= 15 is 0 Å². The van der Waals surface area contributed by atoms with Crippen LogP contribution in [0, 0.1) is 13.8 Å². The first-order valence-electron chi connectivity index (χ1n) is 5.57. The summed E-state index contributed by atoms with van der Waals surface area (Å²) in [6.45, 7) is 3.48. The summed E-state index contributed by atoms with van der Waals surface area (Å²) in [5, 5.41) is 2.96. The maximum atomic E-state index is 11.8. The number of aromatic nitrogens is 2. The normalized spacial score (nSPS) is 19.5. The highest BCUT2D eigenvalue weighted by molar-refractivity contribution is 6.06. The zero-order valence-corrected chi connectivity index (χ0v) is 10.5. The number of likely N-dealkylation sites (N-methyl/N-ethyl adjacent to an activating group) is 1. The fourth-order valence-electron chi connectivity index (χ4n) is 1.82. The van der Waals surface area contributed by atoms with Crippen molar-refractivity contribution in [2.45, 2.75) is 26.3 Å². The van der Waals surface area contributed by atoms with Crippen LogP contribution in [0.15, 0.2) is 0 Å². The van der Waals surface area contributed by atoms with Gasteiger partial charge in [-0.05, 0) is 13.8 Å².